The third kappa shape index (κ3) is 1.98. The number of carbonyl (C=O) groups is 1. The first-order chi connectivity index (χ1) is 8.75. The van der Waals surface area contributed by atoms with Gasteiger partial charge in [0.1, 0.15) is 0 Å². The fourth-order valence-corrected chi connectivity index (χ4v) is 3.37. The first kappa shape index (κ1) is 11.6. The Labute approximate surface area is 108 Å². The van der Waals surface area contributed by atoms with Crippen LogP contribution in [0.5, 0.6) is 0 Å². The zero-order valence-corrected chi connectivity index (χ0v) is 10.6. The van der Waals surface area contributed by atoms with E-state index >= 15 is 0 Å². The summed E-state index contributed by atoms with van der Waals surface area (Å²) in [6, 6.07) is 5.83. The predicted octanol–water partition coefficient (Wildman–Crippen LogP) is 3.27. The second-order valence-corrected chi connectivity index (χ2v) is 5.59. The third-order valence-corrected chi connectivity index (χ3v) is 4.36. The van der Waals surface area contributed by atoms with Crippen molar-refractivity contribution in [1.82, 2.24) is 0 Å². The van der Waals surface area contributed by atoms with E-state index < -0.39 is 0 Å². The highest BCUT2D eigenvalue weighted by atomic mass is 16.2. The zero-order chi connectivity index (χ0) is 12.5. The Balaban J connectivity index is 1.81. The van der Waals surface area contributed by atoms with Gasteiger partial charge in [0, 0.05) is 0 Å². The zero-order valence-electron chi connectivity index (χ0n) is 10.6. The highest BCUT2D eigenvalue weighted by molar-refractivity contribution is 6.05. The quantitative estimate of drug-likeness (QED) is 0.784. The summed E-state index contributed by atoms with van der Waals surface area (Å²) in [5.41, 5.74) is 8.55. The number of nitrogen functional groups attached to an aromatic ring is 1. The van der Waals surface area contributed by atoms with Gasteiger partial charge in [0.05, 0.1) is 17.3 Å². The third-order valence-electron chi connectivity index (χ3n) is 4.36. The molecule has 3 rings (SSSR count). The molecule has 1 aliphatic carbocycles. The molecule has 1 saturated carbocycles. The summed E-state index contributed by atoms with van der Waals surface area (Å²) < 4.78 is 0. The minimum absolute atomic E-state index is 0.0200. The van der Waals surface area contributed by atoms with Gasteiger partial charge in [0.15, 0.2) is 0 Å². The van der Waals surface area contributed by atoms with Crippen molar-refractivity contribution >= 4 is 17.3 Å². The molecule has 18 heavy (non-hydrogen) atoms. The molecular formula is C15H20N2O. The first-order valence-electron chi connectivity index (χ1n) is 6.95. The van der Waals surface area contributed by atoms with Gasteiger partial charge in [-0.1, -0.05) is 44.2 Å². The lowest BCUT2D eigenvalue weighted by molar-refractivity contribution is -0.117. The first-order valence-corrected chi connectivity index (χ1v) is 6.95. The Morgan fingerprint density at radius 1 is 1.22 bits per heavy atom. The smallest absolute Gasteiger partial charge is 0.232 e. The average molecular weight is 244 g/mol. The summed E-state index contributed by atoms with van der Waals surface area (Å²) in [5.74, 6) is 0.863. The Kier molecular flexibility index (Phi) is 2.98. The number of nitrogens with one attached hydrogen (secondary N) is 1. The van der Waals surface area contributed by atoms with Gasteiger partial charge in [-0.05, 0) is 24.0 Å². The molecule has 3 N–H and O–H groups in total. The van der Waals surface area contributed by atoms with E-state index in [0.29, 0.717) is 11.6 Å². The SMILES string of the molecule is Nc1cccc2c1NC(=O)C2CC1CCCCC1. The molecule has 3 nitrogen and oxygen atoms in total. The monoisotopic (exact) mass is 244 g/mol. The van der Waals surface area contributed by atoms with E-state index in [1.165, 1.54) is 32.1 Å². The minimum atomic E-state index is 0.0200. The van der Waals surface area contributed by atoms with Gasteiger partial charge < -0.3 is 11.1 Å². The lowest BCUT2D eigenvalue weighted by Crippen LogP contribution is -2.17. The lowest BCUT2D eigenvalue weighted by atomic mass is 9.81. The van der Waals surface area contributed by atoms with E-state index in [-0.39, 0.29) is 11.8 Å². The Hall–Kier alpha value is -1.51. The molecule has 2 aliphatic rings. The van der Waals surface area contributed by atoms with Gasteiger partial charge >= 0.3 is 0 Å². The molecule has 1 amide bonds. The van der Waals surface area contributed by atoms with Gasteiger partial charge in [0.25, 0.3) is 0 Å². The number of amides is 1. The van der Waals surface area contributed by atoms with Crippen molar-refractivity contribution < 1.29 is 4.79 Å². The Morgan fingerprint density at radius 2 is 2.00 bits per heavy atom. The van der Waals surface area contributed by atoms with Crippen LogP contribution in [0.1, 0.15) is 50.0 Å². The molecule has 1 aliphatic heterocycles. The van der Waals surface area contributed by atoms with Gasteiger partial charge in [-0.25, -0.2) is 0 Å². The molecule has 1 unspecified atom stereocenters. The van der Waals surface area contributed by atoms with Gasteiger partial charge in [-0.15, -0.1) is 0 Å². The number of benzene rings is 1. The van der Waals surface area contributed by atoms with Crippen molar-refractivity contribution in [2.75, 3.05) is 11.1 Å². The number of nitrogens with two attached hydrogens (primary N) is 1. The maximum Gasteiger partial charge on any atom is 0.232 e. The van der Waals surface area contributed by atoms with Crippen molar-refractivity contribution in [2.24, 2.45) is 5.92 Å². The summed E-state index contributed by atoms with van der Waals surface area (Å²) in [7, 11) is 0. The van der Waals surface area contributed by atoms with Crippen LogP contribution in [-0.4, -0.2) is 5.91 Å². The molecule has 1 aromatic carbocycles. The standard InChI is InChI=1S/C15H20N2O/c16-13-8-4-7-11-12(15(18)17-14(11)13)9-10-5-2-1-3-6-10/h4,7-8,10,12H,1-3,5-6,9,16H2,(H,17,18). The summed E-state index contributed by atoms with van der Waals surface area (Å²) in [6.07, 6.45) is 7.55. The highest BCUT2D eigenvalue weighted by Gasteiger charge is 2.33. The van der Waals surface area contributed by atoms with Crippen LogP contribution in [0.25, 0.3) is 0 Å². The highest BCUT2D eigenvalue weighted by Crippen LogP contribution is 2.42. The van der Waals surface area contributed by atoms with Crippen LogP contribution in [0.4, 0.5) is 11.4 Å². The molecule has 1 fully saturated rings. The number of anilines is 2. The average Bonchev–Trinajstić information content (AvgIpc) is 2.70. The topological polar surface area (TPSA) is 55.1 Å². The molecule has 0 radical (unpaired) electrons. The normalized spacial score (nSPS) is 23.8. The summed E-state index contributed by atoms with van der Waals surface area (Å²) >= 11 is 0. The fraction of sp³-hybridized carbons (Fsp3) is 0.533. The predicted molar refractivity (Wildman–Crippen MR) is 73.4 cm³/mol. The molecule has 1 heterocycles. The van der Waals surface area contributed by atoms with E-state index in [1.807, 2.05) is 18.2 Å². The van der Waals surface area contributed by atoms with Crippen LogP contribution < -0.4 is 11.1 Å². The molecule has 0 saturated heterocycles. The molecule has 1 aromatic rings. The second kappa shape index (κ2) is 4.63. The van der Waals surface area contributed by atoms with Crippen LogP contribution in [-0.2, 0) is 4.79 Å². The molecule has 1 atom stereocenters. The molecule has 3 heteroatoms. The fourth-order valence-electron chi connectivity index (χ4n) is 3.37. The van der Waals surface area contributed by atoms with Crippen molar-refractivity contribution in [1.29, 1.82) is 0 Å². The van der Waals surface area contributed by atoms with E-state index in [4.69, 9.17) is 5.73 Å². The van der Waals surface area contributed by atoms with Gasteiger partial charge in [0.2, 0.25) is 5.91 Å². The summed E-state index contributed by atoms with van der Waals surface area (Å²) in [5, 5.41) is 2.94. The van der Waals surface area contributed by atoms with Crippen molar-refractivity contribution in [3.05, 3.63) is 23.8 Å². The van der Waals surface area contributed by atoms with Gasteiger partial charge in [-0.2, -0.15) is 0 Å². The van der Waals surface area contributed by atoms with Crippen molar-refractivity contribution in [2.45, 2.75) is 44.4 Å². The minimum Gasteiger partial charge on any atom is -0.397 e. The number of fused-ring (bicyclic) bond motifs is 1. The summed E-state index contributed by atoms with van der Waals surface area (Å²) in [6.45, 7) is 0. The molecule has 96 valence electrons. The van der Waals surface area contributed by atoms with Crippen LogP contribution >= 0.6 is 0 Å². The number of hydrogen-bond donors (Lipinski definition) is 2. The second-order valence-electron chi connectivity index (χ2n) is 5.59. The summed E-state index contributed by atoms with van der Waals surface area (Å²) in [4.78, 5) is 12.1. The Morgan fingerprint density at radius 3 is 2.78 bits per heavy atom. The van der Waals surface area contributed by atoms with Crippen LogP contribution in [0.15, 0.2) is 18.2 Å². The number of para-hydroxylation sites is 1. The number of hydrogen-bond acceptors (Lipinski definition) is 2. The molecule has 0 aromatic heterocycles. The van der Waals surface area contributed by atoms with Crippen molar-refractivity contribution in [3.8, 4) is 0 Å². The van der Waals surface area contributed by atoms with Crippen LogP contribution in [0.3, 0.4) is 0 Å². The Bertz CT molecular complexity index is 464. The van der Waals surface area contributed by atoms with Crippen LogP contribution in [0, 0.1) is 5.92 Å². The largest absolute Gasteiger partial charge is 0.397 e. The van der Waals surface area contributed by atoms with Gasteiger partial charge in [-0.3, -0.25) is 4.79 Å². The van der Waals surface area contributed by atoms with E-state index in [2.05, 4.69) is 5.32 Å². The molecular weight excluding hydrogens is 224 g/mol. The lowest BCUT2D eigenvalue weighted by Gasteiger charge is -2.23. The van der Waals surface area contributed by atoms with E-state index in [0.717, 1.165) is 17.7 Å². The van der Waals surface area contributed by atoms with E-state index in [1.54, 1.807) is 0 Å². The van der Waals surface area contributed by atoms with Crippen molar-refractivity contribution in [3.63, 3.8) is 0 Å². The van der Waals surface area contributed by atoms with E-state index in [9.17, 15) is 4.79 Å². The molecule has 0 bridgehead atoms. The number of rotatable bonds is 2. The van der Waals surface area contributed by atoms with Crippen LogP contribution in [0.2, 0.25) is 0 Å². The maximum atomic E-state index is 12.1. The molecule has 0 spiro atoms. The maximum absolute atomic E-state index is 12.1. The number of carbonyl (C=O) groups excluding carboxylic acids is 1.